The van der Waals surface area contributed by atoms with Gasteiger partial charge in [0.15, 0.2) is 0 Å². The molecule has 120 valence electrons. The first-order chi connectivity index (χ1) is 10.0. The number of nitrogens with one attached hydrogen (secondary N) is 2. The summed E-state index contributed by atoms with van der Waals surface area (Å²) in [5, 5.41) is 15.0. The molecule has 2 amide bonds. The van der Waals surface area contributed by atoms with Crippen molar-refractivity contribution >= 4 is 12.0 Å². The zero-order valence-electron chi connectivity index (χ0n) is 13.0. The number of amides is 2. The third kappa shape index (κ3) is 4.61. The number of urea groups is 1. The second kappa shape index (κ2) is 7.14. The van der Waals surface area contributed by atoms with Gasteiger partial charge in [0.2, 0.25) is 0 Å². The molecular formula is C16H28N2O3. The van der Waals surface area contributed by atoms with Gasteiger partial charge in [0, 0.05) is 12.6 Å². The monoisotopic (exact) mass is 296 g/mol. The van der Waals surface area contributed by atoms with Crippen LogP contribution in [0, 0.1) is 11.3 Å². The van der Waals surface area contributed by atoms with Crippen molar-refractivity contribution in [1.82, 2.24) is 10.6 Å². The van der Waals surface area contributed by atoms with Crippen molar-refractivity contribution in [3.8, 4) is 0 Å². The number of hydrogen-bond acceptors (Lipinski definition) is 2. The highest BCUT2D eigenvalue weighted by Crippen LogP contribution is 2.43. The normalized spacial score (nSPS) is 28.0. The maximum atomic E-state index is 12.1. The van der Waals surface area contributed by atoms with Crippen LogP contribution < -0.4 is 10.6 Å². The predicted molar refractivity (Wildman–Crippen MR) is 81.1 cm³/mol. The molecule has 2 rings (SSSR count). The summed E-state index contributed by atoms with van der Waals surface area (Å²) in [6, 6.07) is 0.120. The standard InChI is InChI=1S/C16H28N2O3/c1-12-6-3-2-4-7-13(12)18-15(21)17-11-16(8-5-9-16)10-14(19)20/h12-13H,2-11H2,1H3,(H,19,20)(H2,17,18,21). The second-order valence-corrected chi connectivity index (χ2v) is 6.97. The lowest BCUT2D eigenvalue weighted by Crippen LogP contribution is -2.49. The molecule has 0 aromatic rings. The van der Waals surface area contributed by atoms with Gasteiger partial charge in [0.1, 0.15) is 0 Å². The highest BCUT2D eigenvalue weighted by molar-refractivity contribution is 5.74. The molecule has 2 aliphatic rings. The molecule has 5 heteroatoms. The molecule has 2 fully saturated rings. The van der Waals surface area contributed by atoms with E-state index in [0.29, 0.717) is 12.5 Å². The fourth-order valence-corrected chi connectivity index (χ4v) is 3.61. The van der Waals surface area contributed by atoms with Gasteiger partial charge in [-0.25, -0.2) is 4.79 Å². The molecule has 0 aromatic carbocycles. The van der Waals surface area contributed by atoms with E-state index in [-0.39, 0.29) is 23.9 Å². The van der Waals surface area contributed by atoms with Gasteiger partial charge in [-0.1, -0.05) is 32.6 Å². The van der Waals surface area contributed by atoms with E-state index in [1.54, 1.807) is 0 Å². The Morgan fingerprint density at radius 1 is 1.14 bits per heavy atom. The van der Waals surface area contributed by atoms with Gasteiger partial charge < -0.3 is 15.7 Å². The van der Waals surface area contributed by atoms with Crippen LogP contribution in [0.15, 0.2) is 0 Å². The van der Waals surface area contributed by atoms with Crippen LogP contribution >= 0.6 is 0 Å². The quantitative estimate of drug-likeness (QED) is 0.683. The average Bonchev–Trinajstić information content (AvgIpc) is 2.58. The number of hydrogen-bond donors (Lipinski definition) is 3. The number of carboxylic acids is 1. The summed E-state index contributed by atoms with van der Waals surface area (Å²) in [6.07, 6.45) is 8.94. The first-order valence-electron chi connectivity index (χ1n) is 8.27. The van der Waals surface area contributed by atoms with E-state index in [2.05, 4.69) is 17.6 Å². The molecule has 0 saturated heterocycles. The van der Waals surface area contributed by atoms with E-state index in [1.165, 1.54) is 25.7 Å². The lowest BCUT2D eigenvalue weighted by molar-refractivity contribution is -0.141. The summed E-state index contributed by atoms with van der Waals surface area (Å²) in [6.45, 7) is 2.68. The Bertz CT molecular complexity index is 380. The molecule has 0 bridgehead atoms. The fourth-order valence-electron chi connectivity index (χ4n) is 3.61. The average molecular weight is 296 g/mol. The number of aliphatic carboxylic acids is 1. The Morgan fingerprint density at radius 2 is 1.86 bits per heavy atom. The highest BCUT2D eigenvalue weighted by atomic mass is 16.4. The van der Waals surface area contributed by atoms with Gasteiger partial charge in [-0.15, -0.1) is 0 Å². The van der Waals surface area contributed by atoms with E-state index in [1.807, 2.05) is 0 Å². The van der Waals surface area contributed by atoms with Gasteiger partial charge in [0.25, 0.3) is 0 Å². The Labute approximate surface area is 126 Å². The number of carbonyl (C=O) groups is 2. The molecule has 0 aliphatic heterocycles. The summed E-state index contributed by atoms with van der Waals surface area (Å²) >= 11 is 0. The van der Waals surface area contributed by atoms with Gasteiger partial charge in [-0.2, -0.15) is 0 Å². The Hall–Kier alpha value is -1.26. The Balaban J connectivity index is 1.77. The number of carbonyl (C=O) groups excluding carboxylic acids is 1. The smallest absolute Gasteiger partial charge is 0.315 e. The van der Waals surface area contributed by atoms with E-state index in [0.717, 1.165) is 25.7 Å². The second-order valence-electron chi connectivity index (χ2n) is 6.97. The molecule has 2 atom stereocenters. The van der Waals surface area contributed by atoms with Crippen molar-refractivity contribution in [2.45, 2.75) is 70.8 Å². The van der Waals surface area contributed by atoms with Crippen LogP contribution in [-0.4, -0.2) is 29.7 Å². The first kappa shape index (κ1) is 16.1. The molecule has 0 spiro atoms. The van der Waals surface area contributed by atoms with Crippen molar-refractivity contribution in [2.24, 2.45) is 11.3 Å². The minimum Gasteiger partial charge on any atom is -0.481 e. The molecule has 0 heterocycles. The van der Waals surface area contributed by atoms with Crippen LogP contribution in [0.2, 0.25) is 0 Å². The zero-order valence-corrected chi connectivity index (χ0v) is 13.0. The van der Waals surface area contributed by atoms with E-state index < -0.39 is 5.97 Å². The number of rotatable bonds is 5. The Kier molecular flexibility index (Phi) is 5.48. The van der Waals surface area contributed by atoms with E-state index in [9.17, 15) is 9.59 Å². The molecular weight excluding hydrogens is 268 g/mol. The molecule has 2 saturated carbocycles. The van der Waals surface area contributed by atoms with Gasteiger partial charge in [0.05, 0.1) is 6.42 Å². The summed E-state index contributed by atoms with van der Waals surface area (Å²) in [5.74, 6) is -0.246. The van der Waals surface area contributed by atoms with Crippen molar-refractivity contribution < 1.29 is 14.7 Å². The van der Waals surface area contributed by atoms with Crippen LogP contribution in [0.5, 0.6) is 0 Å². The van der Waals surface area contributed by atoms with Crippen molar-refractivity contribution in [2.75, 3.05) is 6.54 Å². The van der Waals surface area contributed by atoms with Gasteiger partial charge in [-0.05, 0) is 37.0 Å². The fraction of sp³-hybridized carbons (Fsp3) is 0.875. The molecule has 21 heavy (non-hydrogen) atoms. The number of carboxylic acid groups (broad SMARTS) is 1. The third-order valence-electron chi connectivity index (χ3n) is 5.24. The Morgan fingerprint density at radius 3 is 2.48 bits per heavy atom. The summed E-state index contributed by atoms with van der Waals surface area (Å²) in [4.78, 5) is 23.0. The molecule has 0 radical (unpaired) electrons. The van der Waals surface area contributed by atoms with Crippen LogP contribution in [0.3, 0.4) is 0 Å². The maximum Gasteiger partial charge on any atom is 0.315 e. The molecule has 2 unspecified atom stereocenters. The van der Waals surface area contributed by atoms with E-state index >= 15 is 0 Å². The highest BCUT2D eigenvalue weighted by Gasteiger charge is 2.39. The van der Waals surface area contributed by atoms with Gasteiger partial charge >= 0.3 is 12.0 Å². The molecule has 3 N–H and O–H groups in total. The lowest BCUT2D eigenvalue weighted by atomic mass is 9.66. The predicted octanol–water partition coefficient (Wildman–Crippen LogP) is 2.90. The topological polar surface area (TPSA) is 78.4 Å². The van der Waals surface area contributed by atoms with Gasteiger partial charge in [-0.3, -0.25) is 4.79 Å². The van der Waals surface area contributed by atoms with Crippen molar-refractivity contribution in [1.29, 1.82) is 0 Å². The van der Waals surface area contributed by atoms with E-state index in [4.69, 9.17) is 5.11 Å². The largest absolute Gasteiger partial charge is 0.481 e. The first-order valence-corrected chi connectivity index (χ1v) is 8.27. The molecule has 0 aromatic heterocycles. The van der Waals surface area contributed by atoms with Crippen molar-refractivity contribution in [3.05, 3.63) is 0 Å². The summed E-state index contributed by atoms with van der Waals surface area (Å²) in [7, 11) is 0. The maximum absolute atomic E-state index is 12.1. The molecule has 2 aliphatic carbocycles. The zero-order chi connectivity index (χ0) is 15.3. The minimum atomic E-state index is -0.769. The van der Waals surface area contributed by atoms with Crippen LogP contribution in [0.4, 0.5) is 4.79 Å². The van der Waals surface area contributed by atoms with Crippen molar-refractivity contribution in [3.63, 3.8) is 0 Å². The summed E-state index contributed by atoms with van der Waals surface area (Å²) in [5.41, 5.74) is -0.210. The lowest BCUT2D eigenvalue weighted by Gasteiger charge is -2.41. The SMILES string of the molecule is CC1CCCCCC1NC(=O)NCC1(CC(=O)O)CCC1. The van der Waals surface area contributed by atoms with Crippen LogP contribution in [-0.2, 0) is 4.79 Å². The summed E-state index contributed by atoms with van der Waals surface area (Å²) < 4.78 is 0. The minimum absolute atomic E-state index is 0.134. The third-order valence-corrected chi connectivity index (χ3v) is 5.24. The van der Waals surface area contributed by atoms with Crippen LogP contribution in [0.25, 0.3) is 0 Å². The molecule has 5 nitrogen and oxygen atoms in total. The van der Waals surface area contributed by atoms with Crippen LogP contribution in [0.1, 0.15) is 64.7 Å².